The lowest BCUT2D eigenvalue weighted by Crippen LogP contribution is -2.36. The second-order valence-corrected chi connectivity index (χ2v) is 10.8. The monoisotopic (exact) mass is 549 g/mol. The van der Waals surface area contributed by atoms with Crippen molar-refractivity contribution in [3.8, 4) is 0 Å². The van der Waals surface area contributed by atoms with Gasteiger partial charge in [-0.1, -0.05) is 31.1 Å². The number of furan rings is 1. The fourth-order valence-electron chi connectivity index (χ4n) is 6.52. The SMILES string of the molecule is CCC/C(=C\c1ccc(CO)o1)CC[C@H]1OC[C@H]2C1=C(COC)C[C@H]1C(=O)N(c3cccc(B(O)O)c3)C(=O)[C@H]12. The van der Waals surface area contributed by atoms with Gasteiger partial charge in [0.05, 0.1) is 36.8 Å². The Bertz CT molecular complexity index is 1310. The molecule has 1 aromatic carbocycles. The molecule has 3 N–H and O–H groups in total. The van der Waals surface area contributed by atoms with Crippen LogP contribution in [-0.2, 0) is 25.7 Å². The number of ether oxygens (including phenoxy) is 2. The molecule has 2 saturated heterocycles. The van der Waals surface area contributed by atoms with E-state index in [1.54, 1.807) is 25.3 Å². The van der Waals surface area contributed by atoms with Crippen LogP contribution in [0.5, 0.6) is 0 Å². The van der Waals surface area contributed by atoms with Gasteiger partial charge < -0.3 is 29.0 Å². The largest absolute Gasteiger partial charge is 0.488 e. The summed E-state index contributed by atoms with van der Waals surface area (Å²) < 4.78 is 17.5. The zero-order chi connectivity index (χ0) is 28.4. The highest BCUT2D eigenvalue weighted by molar-refractivity contribution is 6.58. The van der Waals surface area contributed by atoms with Gasteiger partial charge in [-0.05, 0) is 72.6 Å². The van der Waals surface area contributed by atoms with Gasteiger partial charge in [0.15, 0.2) is 0 Å². The van der Waals surface area contributed by atoms with Gasteiger partial charge in [0.25, 0.3) is 0 Å². The number of imide groups is 1. The van der Waals surface area contributed by atoms with E-state index in [9.17, 15) is 24.7 Å². The number of anilines is 1. The van der Waals surface area contributed by atoms with Crippen molar-refractivity contribution in [2.24, 2.45) is 17.8 Å². The fraction of sp³-hybridized carbons (Fsp3) is 0.467. The summed E-state index contributed by atoms with van der Waals surface area (Å²) in [5.74, 6) is -0.549. The van der Waals surface area contributed by atoms with Crippen LogP contribution in [0.15, 0.2) is 57.5 Å². The number of hydrogen-bond donors (Lipinski definition) is 3. The number of carbonyl (C=O) groups is 2. The summed E-state index contributed by atoms with van der Waals surface area (Å²) in [5, 5.41) is 28.5. The zero-order valence-corrected chi connectivity index (χ0v) is 22.9. The molecule has 2 fully saturated rings. The van der Waals surface area contributed by atoms with Gasteiger partial charge in [-0.2, -0.15) is 0 Å². The van der Waals surface area contributed by atoms with E-state index < -0.39 is 19.0 Å². The van der Waals surface area contributed by atoms with Gasteiger partial charge in [-0.25, -0.2) is 0 Å². The van der Waals surface area contributed by atoms with E-state index in [1.165, 1.54) is 22.6 Å². The minimum Gasteiger partial charge on any atom is -0.459 e. The summed E-state index contributed by atoms with van der Waals surface area (Å²) in [6, 6.07) is 9.88. The average molecular weight is 549 g/mol. The molecular formula is C30H36BNO8. The molecule has 2 aromatic rings. The van der Waals surface area contributed by atoms with Gasteiger partial charge in [0, 0.05) is 13.0 Å². The van der Waals surface area contributed by atoms with Crippen LogP contribution in [0, 0.1) is 17.8 Å². The Morgan fingerprint density at radius 1 is 1.15 bits per heavy atom. The Hall–Kier alpha value is -3.02. The third-order valence-corrected chi connectivity index (χ3v) is 8.24. The predicted molar refractivity (Wildman–Crippen MR) is 149 cm³/mol. The standard InChI is InChI=1S/C30H36BNO8/c1-3-5-18(12-22-9-10-23(15-33)40-22)8-11-26-27-19(16-38-2)13-24-28(25(27)17-39-26)30(35)32(29(24)34)21-7-4-6-20(14-21)31(36)37/h4,6-7,9-10,12,14,24-26,28,33,36-37H,3,5,8,11,13,15-17H2,1-2H3/b18-12+/t24-,25+,26-,28-/m1/s1. The molecule has 5 rings (SSSR count). The van der Waals surface area contributed by atoms with Crippen molar-refractivity contribution in [1.29, 1.82) is 0 Å². The molecule has 40 heavy (non-hydrogen) atoms. The Balaban J connectivity index is 1.38. The Morgan fingerprint density at radius 2 is 1.98 bits per heavy atom. The molecule has 212 valence electrons. The number of hydrogen-bond acceptors (Lipinski definition) is 8. The summed E-state index contributed by atoms with van der Waals surface area (Å²) in [7, 11) is -0.0673. The first-order valence-electron chi connectivity index (χ1n) is 13.9. The number of methoxy groups -OCH3 is 1. The van der Waals surface area contributed by atoms with Crippen LogP contribution in [-0.4, -0.2) is 60.5 Å². The lowest BCUT2D eigenvalue weighted by Gasteiger charge is -2.31. The Labute approximate surface area is 234 Å². The third kappa shape index (κ3) is 5.47. The first-order chi connectivity index (χ1) is 19.4. The molecule has 0 unspecified atom stereocenters. The normalized spacial score (nSPS) is 24.6. The summed E-state index contributed by atoms with van der Waals surface area (Å²) >= 11 is 0. The van der Waals surface area contributed by atoms with Gasteiger partial charge in [0.1, 0.15) is 18.1 Å². The maximum absolute atomic E-state index is 13.8. The Morgan fingerprint density at radius 3 is 2.67 bits per heavy atom. The van der Waals surface area contributed by atoms with Crippen molar-refractivity contribution in [1.82, 2.24) is 0 Å². The van der Waals surface area contributed by atoms with E-state index in [0.717, 1.165) is 36.8 Å². The minimum atomic E-state index is -1.70. The molecule has 2 amide bonds. The molecule has 2 aliphatic heterocycles. The van der Waals surface area contributed by atoms with Gasteiger partial charge in [0.2, 0.25) is 11.8 Å². The maximum Gasteiger partial charge on any atom is 0.488 e. The summed E-state index contributed by atoms with van der Waals surface area (Å²) in [5.41, 5.74) is 3.90. The van der Waals surface area contributed by atoms with Crippen LogP contribution >= 0.6 is 0 Å². The van der Waals surface area contributed by atoms with E-state index >= 15 is 0 Å². The first-order valence-corrected chi connectivity index (χ1v) is 13.9. The summed E-state index contributed by atoms with van der Waals surface area (Å²) in [6.07, 6.45) is 5.70. The second kappa shape index (κ2) is 12.2. The number of rotatable bonds is 11. The van der Waals surface area contributed by atoms with Crippen LogP contribution < -0.4 is 10.4 Å². The topological polar surface area (TPSA) is 130 Å². The van der Waals surface area contributed by atoms with E-state index in [4.69, 9.17) is 13.9 Å². The highest BCUT2D eigenvalue weighted by Crippen LogP contribution is 2.50. The molecule has 1 aliphatic carbocycles. The highest BCUT2D eigenvalue weighted by Gasteiger charge is 2.57. The maximum atomic E-state index is 13.8. The summed E-state index contributed by atoms with van der Waals surface area (Å²) in [4.78, 5) is 28.5. The number of aliphatic hydroxyl groups excluding tert-OH is 1. The first kappa shape index (κ1) is 28.5. The van der Waals surface area contributed by atoms with Crippen LogP contribution in [0.4, 0.5) is 5.69 Å². The van der Waals surface area contributed by atoms with E-state index in [-0.39, 0.29) is 35.9 Å². The van der Waals surface area contributed by atoms with Crippen molar-refractivity contribution >= 4 is 36.2 Å². The van der Waals surface area contributed by atoms with Crippen LogP contribution in [0.25, 0.3) is 6.08 Å². The fourth-order valence-corrected chi connectivity index (χ4v) is 6.52. The van der Waals surface area contributed by atoms with Crippen LogP contribution in [0.3, 0.4) is 0 Å². The molecule has 10 heteroatoms. The lowest BCUT2D eigenvalue weighted by atomic mass is 9.69. The van der Waals surface area contributed by atoms with Crippen molar-refractivity contribution in [2.75, 3.05) is 25.2 Å². The number of nitrogens with zero attached hydrogens (tertiary/aromatic N) is 1. The number of aliphatic hydroxyl groups is 1. The molecule has 1 aromatic heterocycles. The van der Waals surface area contributed by atoms with Crippen LogP contribution in [0.1, 0.15) is 50.5 Å². The highest BCUT2D eigenvalue weighted by atomic mass is 16.5. The van der Waals surface area contributed by atoms with Crippen molar-refractivity contribution < 1.29 is 38.6 Å². The van der Waals surface area contributed by atoms with Gasteiger partial charge in [-0.3, -0.25) is 14.5 Å². The van der Waals surface area contributed by atoms with Crippen molar-refractivity contribution in [3.05, 3.63) is 64.6 Å². The molecular weight excluding hydrogens is 513 g/mol. The quantitative estimate of drug-likeness (QED) is 0.222. The molecule has 0 spiro atoms. The predicted octanol–water partition coefficient (Wildman–Crippen LogP) is 2.58. The molecule has 3 aliphatic rings. The molecule has 4 atom stereocenters. The molecule has 0 saturated carbocycles. The van der Waals surface area contributed by atoms with Crippen molar-refractivity contribution in [3.63, 3.8) is 0 Å². The molecule has 0 bridgehead atoms. The zero-order valence-electron chi connectivity index (χ0n) is 22.9. The number of fused-ring (bicyclic) bond motifs is 3. The van der Waals surface area contributed by atoms with Gasteiger partial charge in [-0.15, -0.1) is 0 Å². The van der Waals surface area contributed by atoms with E-state index in [1.807, 2.05) is 12.1 Å². The van der Waals surface area contributed by atoms with E-state index in [2.05, 4.69) is 6.92 Å². The van der Waals surface area contributed by atoms with Crippen LogP contribution in [0.2, 0.25) is 0 Å². The van der Waals surface area contributed by atoms with Crippen molar-refractivity contribution in [2.45, 2.75) is 51.7 Å². The number of allylic oxidation sites excluding steroid dienone is 1. The minimum absolute atomic E-state index is 0.139. The van der Waals surface area contributed by atoms with E-state index in [0.29, 0.717) is 36.8 Å². The number of benzene rings is 1. The number of carbonyl (C=O) groups excluding carboxylic acids is 2. The molecule has 3 heterocycles. The third-order valence-electron chi connectivity index (χ3n) is 8.24. The molecule has 0 radical (unpaired) electrons. The van der Waals surface area contributed by atoms with Gasteiger partial charge >= 0.3 is 7.12 Å². The summed E-state index contributed by atoms with van der Waals surface area (Å²) in [6.45, 7) is 2.72. The average Bonchev–Trinajstić information content (AvgIpc) is 3.64. The number of amides is 2. The second-order valence-electron chi connectivity index (χ2n) is 10.8. The smallest absolute Gasteiger partial charge is 0.459 e. The Kier molecular flexibility index (Phi) is 8.72. The molecule has 9 nitrogen and oxygen atoms in total. The lowest BCUT2D eigenvalue weighted by molar-refractivity contribution is -0.122.